The minimum atomic E-state index is -0.245. The van der Waals surface area contributed by atoms with Gasteiger partial charge in [0.25, 0.3) is 0 Å². The number of hydrogen-bond acceptors (Lipinski definition) is 4. The van der Waals surface area contributed by atoms with E-state index < -0.39 is 0 Å². The van der Waals surface area contributed by atoms with Crippen LogP contribution in [0, 0.1) is 0 Å². The maximum atomic E-state index is 13.5. The van der Waals surface area contributed by atoms with E-state index in [0.717, 1.165) is 69.6 Å². The first kappa shape index (κ1) is 20.4. The number of halogens is 1. The normalized spacial score (nSPS) is 21.5. The number of morpholine rings is 1. The van der Waals surface area contributed by atoms with Crippen molar-refractivity contribution in [2.24, 2.45) is 0 Å². The molecule has 0 spiro atoms. The molecular weight excluding hydrogens is 386 g/mol. The number of rotatable bonds is 6. The van der Waals surface area contributed by atoms with Crippen molar-refractivity contribution in [2.45, 2.75) is 12.6 Å². The lowest BCUT2D eigenvalue weighted by Crippen LogP contribution is -2.53. The van der Waals surface area contributed by atoms with E-state index in [1.165, 1.54) is 5.56 Å². The summed E-state index contributed by atoms with van der Waals surface area (Å²) in [6, 6.07) is 17.8. The molecule has 5 nitrogen and oxygen atoms in total. The van der Waals surface area contributed by atoms with Gasteiger partial charge in [-0.3, -0.25) is 14.6 Å². The first-order valence-electron chi connectivity index (χ1n) is 10.3. The number of ether oxygens (including phenoxy) is 1. The summed E-state index contributed by atoms with van der Waals surface area (Å²) in [5, 5.41) is 0.734. The average Bonchev–Trinajstić information content (AvgIpc) is 2.76. The van der Waals surface area contributed by atoms with Crippen molar-refractivity contribution in [3.63, 3.8) is 0 Å². The Labute approximate surface area is 177 Å². The predicted molar refractivity (Wildman–Crippen MR) is 115 cm³/mol. The van der Waals surface area contributed by atoms with Crippen molar-refractivity contribution in [3.05, 3.63) is 70.7 Å². The van der Waals surface area contributed by atoms with Crippen LogP contribution in [-0.4, -0.2) is 73.1 Å². The first-order chi connectivity index (χ1) is 14.2. The predicted octanol–water partition coefficient (Wildman–Crippen LogP) is 3.06. The molecule has 29 heavy (non-hydrogen) atoms. The van der Waals surface area contributed by atoms with Crippen LogP contribution in [0.3, 0.4) is 0 Å². The molecule has 1 amide bonds. The highest BCUT2D eigenvalue weighted by molar-refractivity contribution is 6.30. The molecule has 2 aromatic carbocycles. The summed E-state index contributed by atoms with van der Waals surface area (Å²) in [4.78, 5) is 20.2. The molecule has 0 saturated carbocycles. The van der Waals surface area contributed by atoms with Crippen LogP contribution in [-0.2, 0) is 16.1 Å². The van der Waals surface area contributed by atoms with Gasteiger partial charge in [-0.2, -0.15) is 0 Å². The number of benzene rings is 2. The molecule has 2 saturated heterocycles. The van der Waals surface area contributed by atoms with Crippen molar-refractivity contribution in [2.75, 3.05) is 52.5 Å². The van der Waals surface area contributed by atoms with Crippen molar-refractivity contribution >= 4 is 17.5 Å². The highest BCUT2D eigenvalue weighted by Gasteiger charge is 2.35. The van der Waals surface area contributed by atoms with Crippen LogP contribution in [0.2, 0.25) is 5.02 Å². The molecule has 154 valence electrons. The third-order valence-corrected chi connectivity index (χ3v) is 6.02. The van der Waals surface area contributed by atoms with E-state index in [0.29, 0.717) is 0 Å². The monoisotopic (exact) mass is 413 g/mol. The molecule has 4 rings (SSSR count). The second kappa shape index (κ2) is 9.72. The highest BCUT2D eigenvalue weighted by atomic mass is 35.5. The SMILES string of the molecule is O=C1C(c2ccccc2)N(Cc2ccc(Cl)cc2)CCN1CCN1CCOCC1. The summed E-state index contributed by atoms with van der Waals surface area (Å²) in [6.07, 6.45) is 0. The largest absolute Gasteiger partial charge is 0.379 e. The third-order valence-electron chi connectivity index (χ3n) is 5.77. The van der Waals surface area contributed by atoms with Gasteiger partial charge in [0.1, 0.15) is 6.04 Å². The molecule has 2 heterocycles. The average molecular weight is 414 g/mol. The Morgan fingerprint density at radius 2 is 1.62 bits per heavy atom. The Bertz CT molecular complexity index is 794. The van der Waals surface area contributed by atoms with Gasteiger partial charge in [-0.15, -0.1) is 0 Å². The number of piperazine rings is 1. The van der Waals surface area contributed by atoms with E-state index in [2.05, 4.69) is 21.9 Å². The molecule has 1 atom stereocenters. The fourth-order valence-electron chi connectivity index (χ4n) is 4.11. The van der Waals surface area contributed by atoms with E-state index in [1.807, 2.05) is 47.4 Å². The molecule has 2 aliphatic rings. The van der Waals surface area contributed by atoms with Gasteiger partial charge >= 0.3 is 0 Å². The topological polar surface area (TPSA) is 36.0 Å². The summed E-state index contributed by atoms with van der Waals surface area (Å²) < 4.78 is 5.43. The molecule has 1 unspecified atom stereocenters. The molecule has 0 aromatic heterocycles. The Morgan fingerprint density at radius 1 is 0.897 bits per heavy atom. The van der Waals surface area contributed by atoms with E-state index in [4.69, 9.17) is 16.3 Å². The fraction of sp³-hybridized carbons (Fsp3) is 0.435. The molecule has 2 aromatic rings. The van der Waals surface area contributed by atoms with Gasteiger partial charge < -0.3 is 9.64 Å². The number of hydrogen-bond donors (Lipinski definition) is 0. The summed E-state index contributed by atoms with van der Waals surface area (Å²) in [6.45, 7) is 7.52. The Hall–Kier alpha value is -1.92. The number of carbonyl (C=O) groups is 1. The summed E-state index contributed by atoms with van der Waals surface area (Å²) in [5.41, 5.74) is 2.23. The van der Waals surface area contributed by atoms with Crippen molar-refractivity contribution in [3.8, 4) is 0 Å². The Balaban J connectivity index is 1.48. The second-order valence-corrected chi connectivity index (χ2v) is 8.13. The second-order valence-electron chi connectivity index (χ2n) is 7.69. The summed E-state index contributed by atoms with van der Waals surface area (Å²) >= 11 is 6.03. The smallest absolute Gasteiger partial charge is 0.244 e. The van der Waals surface area contributed by atoms with Crippen molar-refractivity contribution in [1.29, 1.82) is 0 Å². The van der Waals surface area contributed by atoms with Gasteiger partial charge in [-0.1, -0.05) is 54.1 Å². The van der Waals surface area contributed by atoms with E-state index in [9.17, 15) is 4.79 Å². The van der Waals surface area contributed by atoms with Gasteiger partial charge in [0.15, 0.2) is 0 Å². The van der Waals surface area contributed by atoms with Crippen LogP contribution in [0.15, 0.2) is 54.6 Å². The number of carbonyl (C=O) groups excluding carboxylic acids is 1. The zero-order valence-electron chi connectivity index (χ0n) is 16.7. The summed E-state index contributed by atoms with van der Waals surface area (Å²) in [7, 11) is 0. The van der Waals surface area contributed by atoms with Gasteiger partial charge in [-0.25, -0.2) is 0 Å². The minimum absolute atomic E-state index is 0.199. The molecule has 0 radical (unpaired) electrons. The van der Waals surface area contributed by atoms with E-state index >= 15 is 0 Å². The van der Waals surface area contributed by atoms with E-state index in [1.54, 1.807) is 0 Å². The van der Waals surface area contributed by atoms with Crippen LogP contribution in [0.5, 0.6) is 0 Å². The number of amides is 1. The molecule has 0 N–H and O–H groups in total. The quantitative estimate of drug-likeness (QED) is 0.729. The maximum absolute atomic E-state index is 13.5. The maximum Gasteiger partial charge on any atom is 0.244 e. The first-order valence-corrected chi connectivity index (χ1v) is 10.7. The minimum Gasteiger partial charge on any atom is -0.379 e. The van der Waals surface area contributed by atoms with Gasteiger partial charge in [0, 0.05) is 50.8 Å². The van der Waals surface area contributed by atoms with Gasteiger partial charge in [0.2, 0.25) is 5.91 Å². The van der Waals surface area contributed by atoms with Crippen LogP contribution in [0.1, 0.15) is 17.2 Å². The van der Waals surface area contributed by atoms with Crippen LogP contribution in [0.25, 0.3) is 0 Å². The molecule has 0 aliphatic carbocycles. The Morgan fingerprint density at radius 3 is 2.34 bits per heavy atom. The third kappa shape index (κ3) is 5.17. The molecule has 6 heteroatoms. The lowest BCUT2D eigenvalue weighted by Gasteiger charge is -2.41. The lowest BCUT2D eigenvalue weighted by atomic mass is 10.0. The number of nitrogens with zero attached hydrogens (tertiary/aromatic N) is 3. The van der Waals surface area contributed by atoms with Crippen LogP contribution >= 0.6 is 11.6 Å². The van der Waals surface area contributed by atoms with Crippen LogP contribution in [0.4, 0.5) is 0 Å². The zero-order chi connectivity index (χ0) is 20.1. The zero-order valence-corrected chi connectivity index (χ0v) is 17.4. The molecular formula is C23H28ClN3O2. The van der Waals surface area contributed by atoms with E-state index in [-0.39, 0.29) is 11.9 Å². The molecule has 0 bridgehead atoms. The molecule has 2 aliphatic heterocycles. The molecule has 2 fully saturated rings. The van der Waals surface area contributed by atoms with Gasteiger partial charge in [0.05, 0.1) is 13.2 Å². The Kier molecular flexibility index (Phi) is 6.82. The van der Waals surface area contributed by atoms with Crippen molar-refractivity contribution in [1.82, 2.24) is 14.7 Å². The fourth-order valence-corrected chi connectivity index (χ4v) is 4.24. The summed E-state index contributed by atoms with van der Waals surface area (Å²) in [5.74, 6) is 0.199. The standard InChI is InChI=1S/C23H28ClN3O2/c24-21-8-6-19(7-9-21)18-27-13-12-26(11-10-25-14-16-29-17-15-25)23(28)22(27)20-4-2-1-3-5-20/h1-9,22H,10-18H2. The van der Waals surface area contributed by atoms with Crippen molar-refractivity contribution < 1.29 is 9.53 Å². The van der Waals surface area contributed by atoms with Crippen LogP contribution < -0.4 is 0 Å². The highest BCUT2D eigenvalue weighted by Crippen LogP contribution is 2.28. The van der Waals surface area contributed by atoms with Gasteiger partial charge in [-0.05, 0) is 23.3 Å². The lowest BCUT2D eigenvalue weighted by molar-refractivity contribution is -0.143.